The smallest absolute Gasteiger partial charge is 0.170 e. The van der Waals surface area contributed by atoms with Gasteiger partial charge in [0.05, 0.1) is 6.54 Å². The van der Waals surface area contributed by atoms with Crippen molar-refractivity contribution in [2.45, 2.75) is 20.4 Å². The number of anilines is 2. The van der Waals surface area contributed by atoms with E-state index in [4.69, 9.17) is 5.73 Å². The quantitative estimate of drug-likeness (QED) is 0.806. The third-order valence-electron chi connectivity index (χ3n) is 2.91. The van der Waals surface area contributed by atoms with Gasteiger partial charge >= 0.3 is 0 Å². The maximum Gasteiger partial charge on any atom is 0.170 e. The molecule has 1 heterocycles. The van der Waals surface area contributed by atoms with E-state index in [9.17, 15) is 5.26 Å². The molecule has 0 radical (unpaired) electrons. The van der Waals surface area contributed by atoms with Crippen LogP contribution in [0.5, 0.6) is 0 Å². The Hall–Kier alpha value is -1.74. The number of nitrogens with zero attached hydrogens (tertiary/aromatic N) is 5. The highest BCUT2D eigenvalue weighted by molar-refractivity contribution is 5.64. The molecule has 0 fully saturated rings. The number of nitrogen functional groups attached to an aromatic ring is 1. The zero-order chi connectivity index (χ0) is 13.7. The molecule has 0 atom stereocenters. The molecule has 0 aliphatic carbocycles. The van der Waals surface area contributed by atoms with Crippen molar-refractivity contribution in [1.29, 1.82) is 5.26 Å². The van der Waals surface area contributed by atoms with E-state index in [-0.39, 0.29) is 0 Å². The van der Waals surface area contributed by atoms with Crippen LogP contribution in [0.3, 0.4) is 0 Å². The number of hydrogen-bond acceptors (Lipinski definition) is 5. The lowest BCUT2D eigenvalue weighted by molar-refractivity contribution is 0.375. The molecule has 6 nitrogen and oxygen atoms in total. The standard InChI is InChI=1S/C12H22N6/c1-5-17(6-2)12-10(9-13)11(14)18(15-12)8-7-16(3)4/h5-8,14H2,1-4H3. The summed E-state index contributed by atoms with van der Waals surface area (Å²) < 4.78 is 1.71. The first-order valence-electron chi connectivity index (χ1n) is 6.21. The first-order chi connectivity index (χ1) is 8.54. The minimum atomic E-state index is 0.459. The van der Waals surface area contributed by atoms with E-state index in [1.165, 1.54) is 0 Å². The van der Waals surface area contributed by atoms with Crippen molar-refractivity contribution in [2.75, 3.05) is 44.4 Å². The minimum absolute atomic E-state index is 0.459. The predicted molar refractivity (Wildman–Crippen MR) is 73.5 cm³/mol. The van der Waals surface area contributed by atoms with Crippen molar-refractivity contribution in [2.24, 2.45) is 0 Å². The van der Waals surface area contributed by atoms with E-state index in [1.54, 1.807) is 4.68 Å². The number of likely N-dealkylation sites (N-methyl/N-ethyl adjacent to an activating group) is 1. The highest BCUT2D eigenvalue weighted by Gasteiger charge is 2.18. The van der Waals surface area contributed by atoms with Crippen molar-refractivity contribution in [3.8, 4) is 6.07 Å². The van der Waals surface area contributed by atoms with Crippen molar-refractivity contribution >= 4 is 11.6 Å². The average Bonchev–Trinajstić information content (AvgIpc) is 2.65. The van der Waals surface area contributed by atoms with Crippen LogP contribution in [0.4, 0.5) is 11.6 Å². The molecule has 2 N–H and O–H groups in total. The van der Waals surface area contributed by atoms with Gasteiger partial charge in [0.25, 0.3) is 0 Å². The monoisotopic (exact) mass is 250 g/mol. The second-order valence-electron chi connectivity index (χ2n) is 4.39. The maximum absolute atomic E-state index is 9.21. The normalized spacial score (nSPS) is 10.7. The fraction of sp³-hybridized carbons (Fsp3) is 0.667. The minimum Gasteiger partial charge on any atom is -0.383 e. The van der Waals surface area contributed by atoms with Gasteiger partial charge < -0.3 is 15.5 Å². The molecule has 6 heteroatoms. The molecular formula is C12H22N6. The summed E-state index contributed by atoms with van der Waals surface area (Å²) in [6, 6.07) is 2.16. The number of nitrogens with two attached hydrogens (primary N) is 1. The van der Waals surface area contributed by atoms with Crippen LogP contribution < -0.4 is 10.6 Å². The Bertz CT molecular complexity index is 425. The zero-order valence-corrected chi connectivity index (χ0v) is 11.6. The molecule has 0 aromatic carbocycles. The molecule has 1 aromatic heterocycles. The SMILES string of the molecule is CCN(CC)c1nn(CCN(C)C)c(N)c1C#N. The molecule has 0 aliphatic heterocycles. The van der Waals surface area contributed by atoms with Crippen LogP contribution in [0.15, 0.2) is 0 Å². The Balaban J connectivity index is 3.05. The van der Waals surface area contributed by atoms with Gasteiger partial charge in [0.1, 0.15) is 17.5 Å². The lowest BCUT2D eigenvalue weighted by Gasteiger charge is -2.17. The molecule has 0 bridgehead atoms. The van der Waals surface area contributed by atoms with Gasteiger partial charge in [0.15, 0.2) is 5.82 Å². The second kappa shape index (κ2) is 6.26. The van der Waals surface area contributed by atoms with Crippen molar-refractivity contribution in [1.82, 2.24) is 14.7 Å². The topological polar surface area (TPSA) is 74.1 Å². The average molecular weight is 250 g/mol. The number of hydrogen-bond donors (Lipinski definition) is 1. The molecule has 0 aliphatic rings. The molecule has 18 heavy (non-hydrogen) atoms. The molecular weight excluding hydrogens is 228 g/mol. The van der Waals surface area contributed by atoms with E-state index >= 15 is 0 Å². The lowest BCUT2D eigenvalue weighted by atomic mass is 10.3. The highest BCUT2D eigenvalue weighted by atomic mass is 15.4. The van der Waals surface area contributed by atoms with Gasteiger partial charge in [0, 0.05) is 19.6 Å². The van der Waals surface area contributed by atoms with Crippen molar-refractivity contribution < 1.29 is 0 Å². The Morgan fingerprint density at radius 2 is 1.94 bits per heavy atom. The van der Waals surface area contributed by atoms with Gasteiger partial charge in [-0.05, 0) is 27.9 Å². The molecule has 100 valence electrons. The summed E-state index contributed by atoms with van der Waals surface area (Å²) in [5.74, 6) is 1.15. The number of nitriles is 1. The summed E-state index contributed by atoms with van der Waals surface area (Å²) in [6.07, 6.45) is 0. The summed E-state index contributed by atoms with van der Waals surface area (Å²) in [5, 5.41) is 13.7. The van der Waals surface area contributed by atoms with Gasteiger partial charge in [-0.2, -0.15) is 10.4 Å². The molecule has 1 rings (SSSR count). The van der Waals surface area contributed by atoms with Crippen LogP contribution in [0.25, 0.3) is 0 Å². The summed E-state index contributed by atoms with van der Waals surface area (Å²) in [7, 11) is 3.99. The first-order valence-corrected chi connectivity index (χ1v) is 6.21. The van der Waals surface area contributed by atoms with E-state index in [0.717, 1.165) is 19.6 Å². The molecule has 0 unspecified atom stereocenters. The third-order valence-corrected chi connectivity index (χ3v) is 2.91. The van der Waals surface area contributed by atoms with Crippen LogP contribution in [-0.4, -0.2) is 48.4 Å². The predicted octanol–water partition coefficient (Wildman–Crippen LogP) is 0.745. The fourth-order valence-electron chi connectivity index (χ4n) is 1.78. The maximum atomic E-state index is 9.21. The Morgan fingerprint density at radius 3 is 2.39 bits per heavy atom. The van der Waals surface area contributed by atoms with Crippen LogP contribution in [-0.2, 0) is 6.54 Å². The summed E-state index contributed by atoms with van der Waals surface area (Å²) in [4.78, 5) is 4.10. The van der Waals surface area contributed by atoms with Gasteiger partial charge in [-0.3, -0.25) is 0 Å². The Kier molecular flexibility index (Phi) is 4.98. The highest BCUT2D eigenvalue weighted by Crippen LogP contribution is 2.24. The molecule has 0 saturated heterocycles. The first kappa shape index (κ1) is 14.3. The zero-order valence-electron chi connectivity index (χ0n) is 11.6. The molecule has 0 saturated carbocycles. The van der Waals surface area contributed by atoms with Gasteiger partial charge in [0.2, 0.25) is 0 Å². The van der Waals surface area contributed by atoms with E-state index in [2.05, 4.69) is 16.1 Å². The fourth-order valence-corrected chi connectivity index (χ4v) is 1.78. The van der Waals surface area contributed by atoms with Crippen LogP contribution in [0, 0.1) is 11.3 Å². The second-order valence-corrected chi connectivity index (χ2v) is 4.39. The van der Waals surface area contributed by atoms with E-state index in [1.807, 2.05) is 32.8 Å². The van der Waals surface area contributed by atoms with Crippen molar-refractivity contribution in [3.05, 3.63) is 5.56 Å². The van der Waals surface area contributed by atoms with E-state index in [0.29, 0.717) is 23.7 Å². The molecule has 0 amide bonds. The van der Waals surface area contributed by atoms with Crippen molar-refractivity contribution in [3.63, 3.8) is 0 Å². The lowest BCUT2D eigenvalue weighted by Crippen LogP contribution is -2.24. The van der Waals surface area contributed by atoms with Crippen LogP contribution in [0.2, 0.25) is 0 Å². The third kappa shape index (κ3) is 2.93. The Labute approximate surface area is 109 Å². The van der Waals surface area contributed by atoms with E-state index < -0.39 is 0 Å². The summed E-state index contributed by atoms with van der Waals surface area (Å²) in [5.41, 5.74) is 6.46. The van der Waals surface area contributed by atoms with Crippen LogP contribution >= 0.6 is 0 Å². The number of rotatable bonds is 6. The van der Waals surface area contributed by atoms with Crippen LogP contribution in [0.1, 0.15) is 19.4 Å². The number of aromatic nitrogens is 2. The Morgan fingerprint density at radius 1 is 1.33 bits per heavy atom. The summed E-state index contributed by atoms with van der Waals surface area (Å²) >= 11 is 0. The van der Waals surface area contributed by atoms with Gasteiger partial charge in [-0.1, -0.05) is 0 Å². The van der Waals surface area contributed by atoms with Gasteiger partial charge in [-0.15, -0.1) is 0 Å². The molecule has 0 spiro atoms. The van der Waals surface area contributed by atoms with Gasteiger partial charge in [-0.25, -0.2) is 4.68 Å². The molecule has 1 aromatic rings. The largest absolute Gasteiger partial charge is 0.383 e. The summed E-state index contributed by atoms with van der Waals surface area (Å²) in [6.45, 7) is 7.24.